The van der Waals surface area contributed by atoms with Gasteiger partial charge in [0.2, 0.25) is 0 Å². The van der Waals surface area contributed by atoms with E-state index in [0.29, 0.717) is 23.1 Å². The predicted molar refractivity (Wildman–Crippen MR) is 147 cm³/mol. The van der Waals surface area contributed by atoms with Crippen molar-refractivity contribution in [1.82, 2.24) is 9.88 Å². The Hall–Kier alpha value is -2.38. The van der Waals surface area contributed by atoms with Crippen LogP contribution in [0.5, 0.6) is 0 Å². The summed E-state index contributed by atoms with van der Waals surface area (Å²) in [6.07, 6.45) is 9.48. The second kappa shape index (κ2) is 14.4. The normalized spacial score (nSPS) is 17.9. The van der Waals surface area contributed by atoms with E-state index in [2.05, 4.69) is 50.7 Å². The number of piperazine rings is 1. The van der Waals surface area contributed by atoms with Gasteiger partial charge in [0.05, 0.1) is 18.8 Å². The zero-order chi connectivity index (χ0) is 25.9. The quantitative estimate of drug-likeness (QED) is 0.397. The van der Waals surface area contributed by atoms with E-state index in [1.807, 2.05) is 30.5 Å². The van der Waals surface area contributed by atoms with Gasteiger partial charge in [-0.1, -0.05) is 53.6 Å². The number of hydrogen-bond donors (Lipinski definition) is 0. The van der Waals surface area contributed by atoms with Crippen LogP contribution in [-0.4, -0.2) is 61.3 Å². The minimum atomic E-state index is 0.0301. The molecule has 8 heteroatoms. The molecule has 1 aliphatic heterocycles. The van der Waals surface area contributed by atoms with Gasteiger partial charge in [-0.15, -0.1) is 0 Å². The third kappa shape index (κ3) is 8.63. The molecule has 0 amide bonds. The van der Waals surface area contributed by atoms with Crippen LogP contribution in [0.4, 0.5) is 5.82 Å². The van der Waals surface area contributed by atoms with Crippen LogP contribution in [0.1, 0.15) is 31.4 Å². The summed E-state index contributed by atoms with van der Waals surface area (Å²) in [5.41, 5.74) is 3.40. The van der Waals surface area contributed by atoms with Crippen molar-refractivity contribution in [2.45, 2.75) is 46.0 Å². The minimum absolute atomic E-state index is 0.0301. The number of carbonyl (C=O) groups is 1. The molecule has 0 bridgehead atoms. The van der Waals surface area contributed by atoms with Crippen molar-refractivity contribution < 1.29 is 14.3 Å². The molecule has 1 saturated heterocycles. The zero-order valence-electron chi connectivity index (χ0n) is 21.2. The SMILES string of the molecule is CC(C)OC=O.Cc1cccnc1N1CCN(CC2=CC(OCc3c(Cl)cccc3Cl)CC=C2)CC1. The molecule has 0 saturated carbocycles. The van der Waals surface area contributed by atoms with Gasteiger partial charge in [0.25, 0.3) is 6.47 Å². The first-order chi connectivity index (χ1) is 17.4. The fourth-order valence-electron chi connectivity index (χ4n) is 4.09. The molecule has 194 valence electrons. The van der Waals surface area contributed by atoms with Gasteiger partial charge < -0.3 is 14.4 Å². The van der Waals surface area contributed by atoms with E-state index in [9.17, 15) is 4.79 Å². The third-order valence-corrected chi connectivity index (χ3v) is 6.70. The molecule has 0 spiro atoms. The highest BCUT2D eigenvalue weighted by Gasteiger charge is 2.20. The second-order valence-electron chi connectivity index (χ2n) is 9.12. The first-order valence-electron chi connectivity index (χ1n) is 12.3. The van der Waals surface area contributed by atoms with E-state index >= 15 is 0 Å². The molecule has 6 nitrogen and oxygen atoms in total. The Morgan fingerprint density at radius 2 is 1.83 bits per heavy atom. The van der Waals surface area contributed by atoms with Crippen molar-refractivity contribution in [3.63, 3.8) is 0 Å². The Labute approximate surface area is 224 Å². The van der Waals surface area contributed by atoms with Crippen LogP contribution in [0.3, 0.4) is 0 Å². The molecule has 0 radical (unpaired) electrons. The van der Waals surface area contributed by atoms with Gasteiger partial charge in [-0.3, -0.25) is 9.69 Å². The number of pyridine rings is 1. The van der Waals surface area contributed by atoms with Gasteiger partial charge in [-0.2, -0.15) is 0 Å². The molecule has 1 aromatic heterocycles. The molecule has 1 atom stereocenters. The first kappa shape index (κ1) is 28.2. The lowest BCUT2D eigenvalue weighted by Crippen LogP contribution is -2.47. The highest BCUT2D eigenvalue weighted by molar-refractivity contribution is 6.35. The van der Waals surface area contributed by atoms with E-state index in [1.54, 1.807) is 13.8 Å². The van der Waals surface area contributed by atoms with Crippen molar-refractivity contribution in [3.05, 3.63) is 81.5 Å². The molecule has 1 aromatic carbocycles. The lowest BCUT2D eigenvalue weighted by Gasteiger charge is -2.36. The van der Waals surface area contributed by atoms with Crippen molar-refractivity contribution >= 4 is 35.5 Å². The van der Waals surface area contributed by atoms with Crippen LogP contribution in [0.2, 0.25) is 10.0 Å². The van der Waals surface area contributed by atoms with E-state index in [-0.39, 0.29) is 12.2 Å². The molecule has 0 N–H and O–H groups in total. The maximum Gasteiger partial charge on any atom is 0.293 e. The average molecular weight is 533 g/mol. The monoisotopic (exact) mass is 531 g/mol. The van der Waals surface area contributed by atoms with Crippen LogP contribution < -0.4 is 4.90 Å². The van der Waals surface area contributed by atoms with E-state index in [4.69, 9.17) is 27.9 Å². The van der Waals surface area contributed by atoms with Gasteiger partial charge >= 0.3 is 0 Å². The lowest BCUT2D eigenvalue weighted by atomic mass is 10.0. The maximum atomic E-state index is 9.39. The highest BCUT2D eigenvalue weighted by atomic mass is 35.5. The molecule has 1 aliphatic carbocycles. The fourth-order valence-corrected chi connectivity index (χ4v) is 4.60. The minimum Gasteiger partial charge on any atom is -0.465 e. The van der Waals surface area contributed by atoms with Crippen LogP contribution in [-0.2, 0) is 20.9 Å². The second-order valence-corrected chi connectivity index (χ2v) is 9.93. The van der Waals surface area contributed by atoms with Crippen LogP contribution >= 0.6 is 23.2 Å². The number of carbonyl (C=O) groups excluding carboxylic acids is 1. The molecule has 1 fully saturated rings. The number of aryl methyl sites for hydroxylation is 1. The Kier molecular flexibility index (Phi) is 11.3. The number of rotatable bonds is 8. The first-order valence-corrected chi connectivity index (χ1v) is 13.0. The zero-order valence-corrected chi connectivity index (χ0v) is 22.7. The van der Waals surface area contributed by atoms with E-state index < -0.39 is 0 Å². The predicted octanol–water partition coefficient (Wildman–Crippen LogP) is 5.86. The summed E-state index contributed by atoms with van der Waals surface area (Å²) >= 11 is 12.5. The summed E-state index contributed by atoms with van der Waals surface area (Å²) < 4.78 is 10.5. The van der Waals surface area contributed by atoms with Gasteiger partial charge in [0, 0.05) is 54.5 Å². The van der Waals surface area contributed by atoms with E-state index in [1.165, 1.54) is 11.1 Å². The number of hydrogen-bond acceptors (Lipinski definition) is 6. The largest absolute Gasteiger partial charge is 0.465 e. The molecule has 2 heterocycles. The molecular weight excluding hydrogens is 497 g/mol. The number of ether oxygens (including phenoxy) is 2. The highest BCUT2D eigenvalue weighted by Crippen LogP contribution is 2.26. The Morgan fingerprint density at radius 1 is 1.11 bits per heavy atom. The fraction of sp³-hybridized carbons (Fsp3) is 0.429. The number of aromatic nitrogens is 1. The number of nitrogens with zero attached hydrogens (tertiary/aromatic N) is 3. The summed E-state index contributed by atoms with van der Waals surface area (Å²) in [7, 11) is 0. The molecule has 2 aliphatic rings. The van der Waals surface area contributed by atoms with Crippen LogP contribution in [0.15, 0.2) is 60.3 Å². The van der Waals surface area contributed by atoms with Crippen molar-refractivity contribution in [2.75, 3.05) is 37.6 Å². The number of anilines is 1. The Bertz CT molecular complexity index is 1030. The summed E-state index contributed by atoms with van der Waals surface area (Å²) in [6.45, 7) is 11.6. The van der Waals surface area contributed by atoms with Gasteiger partial charge in [-0.25, -0.2) is 4.98 Å². The van der Waals surface area contributed by atoms with Gasteiger partial charge in [-0.05, 0) is 56.5 Å². The summed E-state index contributed by atoms with van der Waals surface area (Å²) in [5.74, 6) is 1.11. The molecule has 2 aromatic rings. The van der Waals surface area contributed by atoms with Crippen molar-refractivity contribution in [2.24, 2.45) is 0 Å². The smallest absolute Gasteiger partial charge is 0.293 e. The van der Waals surface area contributed by atoms with E-state index in [0.717, 1.165) is 50.5 Å². The summed E-state index contributed by atoms with van der Waals surface area (Å²) in [5, 5.41) is 1.30. The maximum absolute atomic E-state index is 9.39. The summed E-state index contributed by atoms with van der Waals surface area (Å²) in [6, 6.07) is 9.67. The van der Waals surface area contributed by atoms with Gasteiger partial charge in [0.1, 0.15) is 5.82 Å². The van der Waals surface area contributed by atoms with Crippen molar-refractivity contribution in [1.29, 1.82) is 0 Å². The molecular formula is C28H35Cl2N3O3. The van der Waals surface area contributed by atoms with Gasteiger partial charge in [0.15, 0.2) is 0 Å². The Balaban J connectivity index is 0.000000538. The molecule has 4 rings (SSSR count). The van der Waals surface area contributed by atoms with Crippen LogP contribution in [0, 0.1) is 6.92 Å². The molecule has 36 heavy (non-hydrogen) atoms. The molecule has 1 unspecified atom stereocenters. The Morgan fingerprint density at radius 3 is 2.44 bits per heavy atom. The van der Waals surface area contributed by atoms with Crippen LogP contribution in [0.25, 0.3) is 0 Å². The summed E-state index contributed by atoms with van der Waals surface area (Å²) in [4.78, 5) is 18.8. The standard InChI is InChI=1S/C24H27Cl2N3O.C4H8O2/c1-18-5-4-10-27-24(18)29-13-11-28(12-14-29)16-19-6-2-7-20(15-19)30-17-21-22(25)8-3-9-23(21)26;1-4(2)6-3-5/h2-6,8-10,15,20H,7,11-14,16-17H2,1H3;3-4H,1-2H3. The number of halogens is 2. The number of benzene rings is 1. The lowest BCUT2D eigenvalue weighted by molar-refractivity contribution is -0.131. The van der Waals surface area contributed by atoms with Crippen molar-refractivity contribution in [3.8, 4) is 0 Å². The third-order valence-electron chi connectivity index (χ3n) is 5.99. The topological polar surface area (TPSA) is 54.9 Å². The average Bonchev–Trinajstić information content (AvgIpc) is 2.85.